The molecular weight excluding hydrogens is 298 g/mol. The van der Waals surface area contributed by atoms with Gasteiger partial charge in [0.2, 0.25) is 5.91 Å². The highest BCUT2D eigenvalue weighted by atomic mass is 32.1. The maximum atomic E-state index is 12.7. The summed E-state index contributed by atoms with van der Waals surface area (Å²) in [6.45, 7) is 0.729. The van der Waals surface area contributed by atoms with E-state index in [-0.39, 0.29) is 11.2 Å². The highest BCUT2D eigenvalue weighted by Crippen LogP contribution is 2.30. The number of thiol groups is 1. The van der Waals surface area contributed by atoms with Crippen molar-refractivity contribution in [3.05, 3.63) is 58.3 Å². The lowest BCUT2D eigenvalue weighted by molar-refractivity contribution is -0.131. The SMILES string of the molecule is O=C(C(S)Cc1ccccc1)N(Cc1cccs1)C1CC1. The van der Waals surface area contributed by atoms with Crippen LogP contribution in [0.3, 0.4) is 0 Å². The average molecular weight is 317 g/mol. The van der Waals surface area contributed by atoms with Crippen molar-refractivity contribution in [1.29, 1.82) is 0 Å². The molecule has 2 aromatic rings. The normalized spacial score (nSPS) is 15.7. The summed E-state index contributed by atoms with van der Waals surface area (Å²) >= 11 is 6.27. The molecule has 1 aliphatic rings. The lowest BCUT2D eigenvalue weighted by Gasteiger charge is -2.25. The van der Waals surface area contributed by atoms with Crippen LogP contribution in [0.4, 0.5) is 0 Å². The predicted octanol–water partition coefficient (Wildman–Crippen LogP) is 3.78. The fraction of sp³-hybridized carbons (Fsp3) is 0.353. The van der Waals surface area contributed by atoms with E-state index in [1.807, 2.05) is 29.2 Å². The standard InChI is InChI=1S/C17H19NOS2/c19-17(16(20)11-13-5-2-1-3-6-13)18(14-8-9-14)12-15-7-4-10-21-15/h1-7,10,14,16,20H,8-9,11-12H2. The largest absolute Gasteiger partial charge is 0.334 e. The van der Waals surface area contributed by atoms with Crippen molar-refractivity contribution in [1.82, 2.24) is 4.90 Å². The van der Waals surface area contributed by atoms with Gasteiger partial charge in [-0.05, 0) is 36.3 Å². The first-order valence-corrected chi connectivity index (χ1v) is 8.68. The van der Waals surface area contributed by atoms with Crippen LogP contribution in [0, 0.1) is 0 Å². The molecular formula is C17H19NOS2. The third kappa shape index (κ3) is 3.89. The molecule has 1 atom stereocenters. The first-order valence-electron chi connectivity index (χ1n) is 7.29. The Kier molecular flexibility index (Phi) is 4.66. The van der Waals surface area contributed by atoms with Crippen LogP contribution in [0.2, 0.25) is 0 Å². The van der Waals surface area contributed by atoms with Crippen LogP contribution in [0.15, 0.2) is 47.8 Å². The number of amides is 1. The van der Waals surface area contributed by atoms with Gasteiger partial charge in [0.15, 0.2) is 0 Å². The van der Waals surface area contributed by atoms with E-state index in [1.54, 1.807) is 11.3 Å². The number of thiophene rings is 1. The second-order valence-corrected chi connectivity index (χ2v) is 7.14. The molecule has 1 fully saturated rings. The molecule has 0 bridgehead atoms. The Bertz CT molecular complexity index is 578. The number of benzene rings is 1. The van der Waals surface area contributed by atoms with Crippen molar-refractivity contribution in [3.8, 4) is 0 Å². The first kappa shape index (κ1) is 14.7. The number of hydrogen-bond donors (Lipinski definition) is 1. The van der Waals surface area contributed by atoms with Crippen molar-refractivity contribution in [2.24, 2.45) is 0 Å². The molecule has 0 N–H and O–H groups in total. The van der Waals surface area contributed by atoms with Gasteiger partial charge in [-0.3, -0.25) is 4.79 Å². The maximum Gasteiger partial charge on any atom is 0.236 e. The zero-order valence-corrected chi connectivity index (χ0v) is 13.5. The van der Waals surface area contributed by atoms with Crippen molar-refractivity contribution in [3.63, 3.8) is 0 Å². The van der Waals surface area contributed by atoms with E-state index < -0.39 is 0 Å². The van der Waals surface area contributed by atoms with Crippen LogP contribution in [0.1, 0.15) is 23.3 Å². The summed E-state index contributed by atoms with van der Waals surface area (Å²) in [5.41, 5.74) is 1.16. The number of hydrogen-bond acceptors (Lipinski definition) is 3. The Balaban J connectivity index is 1.66. The number of carbonyl (C=O) groups excluding carboxylic acids is 1. The number of rotatable bonds is 6. The van der Waals surface area contributed by atoms with Crippen molar-refractivity contribution in [2.75, 3.05) is 0 Å². The van der Waals surface area contributed by atoms with Gasteiger partial charge in [0.25, 0.3) is 0 Å². The van der Waals surface area contributed by atoms with Crippen LogP contribution in [-0.4, -0.2) is 22.1 Å². The predicted molar refractivity (Wildman–Crippen MR) is 90.8 cm³/mol. The molecule has 4 heteroatoms. The summed E-state index contributed by atoms with van der Waals surface area (Å²) < 4.78 is 0. The lowest BCUT2D eigenvalue weighted by atomic mass is 10.1. The van der Waals surface area contributed by atoms with Crippen molar-refractivity contribution >= 4 is 29.9 Å². The second-order valence-electron chi connectivity index (χ2n) is 5.48. The van der Waals surface area contributed by atoms with Gasteiger partial charge in [-0.15, -0.1) is 11.3 Å². The number of carbonyl (C=O) groups is 1. The minimum Gasteiger partial charge on any atom is -0.334 e. The Labute approximate surface area is 135 Å². The molecule has 0 spiro atoms. The molecule has 21 heavy (non-hydrogen) atoms. The molecule has 1 saturated carbocycles. The Morgan fingerprint density at radius 2 is 2.00 bits per heavy atom. The highest BCUT2D eigenvalue weighted by molar-refractivity contribution is 7.81. The van der Waals surface area contributed by atoms with Gasteiger partial charge >= 0.3 is 0 Å². The van der Waals surface area contributed by atoms with Crippen LogP contribution >= 0.6 is 24.0 Å². The molecule has 1 heterocycles. The fourth-order valence-corrected chi connectivity index (χ4v) is 3.52. The quantitative estimate of drug-likeness (QED) is 0.804. The molecule has 3 rings (SSSR count). The minimum atomic E-state index is -0.257. The smallest absolute Gasteiger partial charge is 0.236 e. The molecule has 0 radical (unpaired) electrons. The molecule has 1 aromatic heterocycles. The monoisotopic (exact) mass is 317 g/mol. The van der Waals surface area contributed by atoms with Crippen LogP contribution in [-0.2, 0) is 17.8 Å². The Morgan fingerprint density at radius 3 is 2.62 bits per heavy atom. The van der Waals surface area contributed by atoms with Crippen LogP contribution in [0.25, 0.3) is 0 Å². The van der Waals surface area contributed by atoms with E-state index in [9.17, 15) is 4.79 Å². The molecule has 1 unspecified atom stereocenters. The van der Waals surface area contributed by atoms with E-state index in [4.69, 9.17) is 0 Å². The van der Waals surface area contributed by atoms with Gasteiger partial charge in [0.05, 0.1) is 11.8 Å². The zero-order valence-electron chi connectivity index (χ0n) is 11.8. The van der Waals surface area contributed by atoms with Crippen LogP contribution < -0.4 is 0 Å². The number of nitrogens with zero attached hydrogens (tertiary/aromatic N) is 1. The van der Waals surface area contributed by atoms with Gasteiger partial charge in [-0.2, -0.15) is 12.6 Å². The van der Waals surface area contributed by atoms with E-state index in [2.05, 4.69) is 36.2 Å². The van der Waals surface area contributed by atoms with E-state index in [0.29, 0.717) is 12.5 Å². The van der Waals surface area contributed by atoms with E-state index >= 15 is 0 Å². The first-order chi connectivity index (χ1) is 10.2. The summed E-state index contributed by atoms with van der Waals surface area (Å²) in [6.07, 6.45) is 2.95. The summed E-state index contributed by atoms with van der Waals surface area (Å²) in [7, 11) is 0. The molecule has 2 nitrogen and oxygen atoms in total. The molecule has 1 aromatic carbocycles. The van der Waals surface area contributed by atoms with Crippen molar-refractivity contribution in [2.45, 2.75) is 37.1 Å². The minimum absolute atomic E-state index is 0.165. The third-order valence-electron chi connectivity index (χ3n) is 3.73. The van der Waals surface area contributed by atoms with Gasteiger partial charge in [-0.25, -0.2) is 0 Å². The van der Waals surface area contributed by atoms with Gasteiger partial charge < -0.3 is 4.90 Å². The topological polar surface area (TPSA) is 20.3 Å². The molecule has 110 valence electrons. The maximum absolute atomic E-state index is 12.7. The summed E-state index contributed by atoms with van der Waals surface area (Å²) in [4.78, 5) is 16.0. The van der Waals surface area contributed by atoms with Crippen LogP contribution in [0.5, 0.6) is 0 Å². The molecule has 0 saturated heterocycles. The Hall–Kier alpha value is -1.26. The van der Waals surface area contributed by atoms with Crippen molar-refractivity contribution < 1.29 is 4.79 Å². The lowest BCUT2D eigenvalue weighted by Crippen LogP contribution is -2.38. The average Bonchev–Trinajstić information content (AvgIpc) is 3.21. The fourth-order valence-electron chi connectivity index (χ4n) is 2.46. The van der Waals surface area contributed by atoms with E-state index in [0.717, 1.165) is 24.9 Å². The zero-order chi connectivity index (χ0) is 14.7. The highest BCUT2D eigenvalue weighted by Gasteiger charge is 2.34. The van der Waals surface area contributed by atoms with Gasteiger partial charge in [-0.1, -0.05) is 36.4 Å². The molecule has 1 aliphatic carbocycles. The van der Waals surface area contributed by atoms with E-state index in [1.165, 1.54) is 4.88 Å². The molecule has 0 aliphatic heterocycles. The summed E-state index contributed by atoms with van der Waals surface area (Å²) in [6, 6.07) is 14.7. The molecule has 1 amide bonds. The van der Waals surface area contributed by atoms with Gasteiger partial charge in [0, 0.05) is 10.9 Å². The second kappa shape index (κ2) is 6.67. The third-order valence-corrected chi connectivity index (χ3v) is 5.00. The summed E-state index contributed by atoms with van der Waals surface area (Å²) in [5.74, 6) is 0.165. The van der Waals surface area contributed by atoms with Gasteiger partial charge in [0.1, 0.15) is 0 Å². The summed E-state index contributed by atoms with van der Waals surface area (Å²) in [5, 5.41) is 1.81. The Morgan fingerprint density at radius 1 is 1.24 bits per heavy atom.